The second-order valence-electron chi connectivity index (χ2n) is 5.17. The molecule has 0 fully saturated rings. The normalized spacial score (nSPS) is 13.5. The molecule has 1 heterocycles. The highest BCUT2D eigenvalue weighted by molar-refractivity contribution is 6.13. The fourth-order valence-corrected chi connectivity index (χ4v) is 2.39. The van der Waals surface area contributed by atoms with Gasteiger partial charge in [-0.3, -0.25) is 24.6 Å². The molecule has 0 saturated carbocycles. The molecule has 0 bridgehead atoms. The summed E-state index contributed by atoms with van der Waals surface area (Å²) in [6.45, 7) is -0.0551. The summed E-state index contributed by atoms with van der Waals surface area (Å²) in [6.07, 6.45) is 2.90. The smallest absolute Gasteiger partial charge is 0.269 e. The summed E-state index contributed by atoms with van der Waals surface area (Å²) in [5, 5.41) is 13.3. The van der Waals surface area contributed by atoms with E-state index < -0.39 is 4.92 Å². The van der Waals surface area contributed by atoms with E-state index >= 15 is 0 Å². The van der Waals surface area contributed by atoms with Gasteiger partial charge in [0.2, 0.25) is 5.91 Å². The quantitative estimate of drug-likeness (QED) is 0.534. The molecule has 120 valence electrons. The minimum atomic E-state index is -0.484. The topological polar surface area (TPSA) is 92.5 Å². The van der Waals surface area contributed by atoms with Crippen LogP contribution in [0.3, 0.4) is 0 Å². The number of non-ortho nitro benzene ring substituents is 1. The lowest BCUT2D eigenvalue weighted by molar-refractivity contribution is -0.384. The summed E-state index contributed by atoms with van der Waals surface area (Å²) in [7, 11) is 0. The fraction of sp³-hybridized carbons (Fsp3) is 0.0588. The van der Waals surface area contributed by atoms with E-state index in [1.165, 1.54) is 23.1 Å². The number of nitro groups is 1. The maximum absolute atomic E-state index is 12.4. The van der Waals surface area contributed by atoms with Gasteiger partial charge in [-0.2, -0.15) is 0 Å². The maximum atomic E-state index is 12.4. The summed E-state index contributed by atoms with van der Waals surface area (Å²) in [6, 6.07) is 12.9. The minimum absolute atomic E-state index is 0.0138. The Labute approximate surface area is 137 Å². The zero-order valence-electron chi connectivity index (χ0n) is 12.5. The Bertz CT molecular complexity index is 843. The molecular weight excluding hydrogens is 310 g/mol. The number of carbonyl (C=O) groups excluding carboxylic acids is 2. The molecule has 3 rings (SSSR count). The number of nitrogens with zero attached hydrogens (tertiary/aromatic N) is 2. The van der Waals surface area contributed by atoms with Crippen LogP contribution in [-0.2, 0) is 9.59 Å². The van der Waals surface area contributed by atoms with Crippen LogP contribution in [0, 0.1) is 10.1 Å². The molecule has 2 aromatic rings. The van der Waals surface area contributed by atoms with Gasteiger partial charge in [0.25, 0.3) is 11.6 Å². The predicted octanol–water partition coefficient (Wildman–Crippen LogP) is 2.59. The maximum Gasteiger partial charge on any atom is 0.269 e. The Kier molecular flexibility index (Phi) is 4.07. The molecule has 7 nitrogen and oxygen atoms in total. The third-order valence-corrected chi connectivity index (χ3v) is 3.56. The number of nitro benzene ring substituents is 1. The first-order valence-electron chi connectivity index (χ1n) is 7.17. The van der Waals surface area contributed by atoms with E-state index in [-0.39, 0.29) is 24.0 Å². The van der Waals surface area contributed by atoms with Crippen LogP contribution in [0.15, 0.2) is 54.6 Å². The van der Waals surface area contributed by atoms with Crippen molar-refractivity contribution in [3.8, 4) is 0 Å². The molecule has 24 heavy (non-hydrogen) atoms. The lowest BCUT2D eigenvalue weighted by Crippen LogP contribution is -2.41. The van der Waals surface area contributed by atoms with Crippen LogP contribution in [0.1, 0.15) is 5.56 Å². The number of hydrogen-bond acceptors (Lipinski definition) is 4. The SMILES string of the molecule is O=C1CN(C(=O)/C=C/c2ccc([N+](=O)[O-])cc2)c2ccccc2N1. The molecule has 0 saturated heterocycles. The van der Waals surface area contributed by atoms with Gasteiger partial charge in [0.15, 0.2) is 0 Å². The number of carbonyl (C=O) groups is 2. The first-order chi connectivity index (χ1) is 11.5. The first-order valence-corrected chi connectivity index (χ1v) is 7.17. The summed E-state index contributed by atoms with van der Waals surface area (Å²) >= 11 is 0. The van der Waals surface area contributed by atoms with E-state index in [4.69, 9.17) is 0 Å². The van der Waals surface area contributed by atoms with Crippen molar-refractivity contribution in [1.29, 1.82) is 0 Å². The van der Waals surface area contributed by atoms with Crippen molar-refractivity contribution in [3.63, 3.8) is 0 Å². The number of para-hydroxylation sites is 2. The second kappa shape index (κ2) is 6.33. The third-order valence-electron chi connectivity index (χ3n) is 3.56. The number of fused-ring (bicyclic) bond motifs is 1. The summed E-state index contributed by atoms with van der Waals surface area (Å²) in [5.74, 6) is -0.596. The Morgan fingerprint density at radius 3 is 2.58 bits per heavy atom. The van der Waals surface area contributed by atoms with Crippen molar-refractivity contribution in [1.82, 2.24) is 0 Å². The highest BCUT2D eigenvalue weighted by Crippen LogP contribution is 2.29. The van der Waals surface area contributed by atoms with Gasteiger partial charge in [-0.15, -0.1) is 0 Å². The van der Waals surface area contributed by atoms with Crippen LogP contribution in [0.2, 0.25) is 0 Å². The molecular formula is C17H13N3O4. The van der Waals surface area contributed by atoms with Gasteiger partial charge in [0.1, 0.15) is 6.54 Å². The highest BCUT2D eigenvalue weighted by Gasteiger charge is 2.25. The summed E-state index contributed by atoms with van der Waals surface area (Å²) < 4.78 is 0. The predicted molar refractivity (Wildman–Crippen MR) is 89.6 cm³/mol. The van der Waals surface area contributed by atoms with Gasteiger partial charge in [0, 0.05) is 18.2 Å². The first kappa shape index (κ1) is 15.4. The van der Waals surface area contributed by atoms with E-state index in [0.29, 0.717) is 16.9 Å². The van der Waals surface area contributed by atoms with E-state index in [1.54, 1.807) is 42.5 Å². The van der Waals surface area contributed by atoms with Gasteiger partial charge in [0.05, 0.1) is 16.3 Å². The minimum Gasteiger partial charge on any atom is -0.323 e. The zero-order valence-corrected chi connectivity index (χ0v) is 12.5. The zero-order chi connectivity index (χ0) is 17.1. The largest absolute Gasteiger partial charge is 0.323 e. The fourth-order valence-electron chi connectivity index (χ4n) is 2.39. The van der Waals surface area contributed by atoms with E-state index in [2.05, 4.69) is 5.32 Å². The number of anilines is 2. The molecule has 0 atom stereocenters. The molecule has 0 aromatic heterocycles. The van der Waals surface area contributed by atoms with Gasteiger partial charge >= 0.3 is 0 Å². The van der Waals surface area contributed by atoms with Gasteiger partial charge in [-0.25, -0.2) is 0 Å². The van der Waals surface area contributed by atoms with E-state index in [0.717, 1.165) is 0 Å². The summed E-state index contributed by atoms with van der Waals surface area (Å²) in [5.41, 5.74) is 1.87. The average molecular weight is 323 g/mol. The molecule has 2 amide bonds. The molecule has 0 spiro atoms. The lowest BCUT2D eigenvalue weighted by atomic mass is 10.1. The molecule has 7 heteroatoms. The van der Waals surface area contributed by atoms with Crippen LogP contribution in [0.25, 0.3) is 6.08 Å². The van der Waals surface area contributed by atoms with Gasteiger partial charge in [-0.1, -0.05) is 12.1 Å². The number of rotatable bonds is 3. The van der Waals surface area contributed by atoms with Crippen LogP contribution < -0.4 is 10.2 Å². The third kappa shape index (κ3) is 3.14. The van der Waals surface area contributed by atoms with Crippen molar-refractivity contribution in [2.75, 3.05) is 16.8 Å². The van der Waals surface area contributed by atoms with Crippen molar-refractivity contribution in [2.24, 2.45) is 0 Å². The van der Waals surface area contributed by atoms with Crippen molar-refractivity contribution >= 4 is 35.0 Å². The average Bonchev–Trinajstić information content (AvgIpc) is 2.59. The van der Waals surface area contributed by atoms with Crippen molar-refractivity contribution < 1.29 is 14.5 Å². The van der Waals surface area contributed by atoms with Gasteiger partial charge < -0.3 is 5.32 Å². The van der Waals surface area contributed by atoms with Crippen LogP contribution in [0.4, 0.5) is 17.1 Å². The molecule has 0 aliphatic carbocycles. The molecule has 1 aliphatic rings. The van der Waals surface area contributed by atoms with Crippen molar-refractivity contribution in [2.45, 2.75) is 0 Å². The molecule has 0 radical (unpaired) electrons. The molecule has 1 aliphatic heterocycles. The Balaban J connectivity index is 1.79. The number of benzene rings is 2. The Morgan fingerprint density at radius 2 is 1.88 bits per heavy atom. The van der Waals surface area contributed by atoms with Gasteiger partial charge in [-0.05, 0) is 35.9 Å². The van der Waals surface area contributed by atoms with Crippen LogP contribution in [-0.4, -0.2) is 23.3 Å². The molecule has 0 unspecified atom stereocenters. The monoisotopic (exact) mass is 323 g/mol. The number of hydrogen-bond donors (Lipinski definition) is 1. The van der Waals surface area contributed by atoms with Crippen molar-refractivity contribution in [3.05, 3.63) is 70.3 Å². The number of amides is 2. The second-order valence-corrected chi connectivity index (χ2v) is 5.17. The lowest BCUT2D eigenvalue weighted by Gasteiger charge is -2.28. The number of nitrogens with one attached hydrogen (secondary N) is 1. The molecule has 2 aromatic carbocycles. The summed E-state index contributed by atoms with van der Waals surface area (Å²) in [4.78, 5) is 35.7. The molecule has 1 N–H and O–H groups in total. The Morgan fingerprint density at radius 1 is 1.17 bits per heavy atom. The Hall–Kier alpha value is -3.48. The van der Waals surface area contributed by atoms with E-state index in [9.17, 15) is 19.7 Å². The van der Waals surface area contributed by atoms with Crippen LogP contribution in [0.5, 0.6) is 0 Å². The van der Waals surface area contributed by atoms with Crippen LogP contribution >= 0.6 is 0 Å². The highest BCUT2D eigenvalue weighted by atomic mass is 16.6. The van der Waals surface area contributed by atoms with E-state index in [1.807, 2.05) is 0 Å². The standard InChI is InChI=1S/C17H13N3O4/c21-16-11-19(15-4-2-1-3-14(15)18-16)17(22)10-7-12-5-8-13(9-6-12)20(23)24/h1-10H,11H2,(H,18,21)/b10-7+.